The molecule has 1 aliphatic heterocycles. The van der Waals surface area contributed by atoms with Gasteiger partial charge in [-0.2, -0.15) is 5.10 Å². The monoisotopic (exact) mass is 342 g/mol. The van der Waals surface area contributed by atoms with Gasteiger partial charge in [0.1, 0.15) is 17.6 Å². The highest BCUT2D eigenvalue weighted by Gasteiger charge is 2.32. The van der Waals surface area contributed by atoms with E-state index in [-0.39, 0.29) is 11.8 Å². The maximum absolute atomic E-state index is 12.5. The lowest BCUT2D eigenvalue weighted by Crippen LogP contribution is -2.50. The largest absolute Gasteiger partial charge is 0.497 e. The molecule has 25 heavy (non-hydrogen) atoms. The van der Waals surface area contributed by atoms with Crippen molar-refractivity contribution >= 4 is 17.6 Å². The summed E-state index contributed by atoms with van der Waals surface area (Å²) in [6.07, 6.45) is 0.351. The van der Waals surface area contributed by atoms with Crippen molar-refractivity contribution in [2.24, 2.45) is 0 Å². The summed E-state index contributed by atoms with van der Waals surface area (Å²) in [5.74, 6) is 1.20. The first-order valence-corrected chi connectivity index (χ1v) is 8.26. The molecule has 7 heteroatoms. The maximum atomic E-state index is 12.5. The van der Waals surface area contributed by atoms with E-state index in [0.29, 0.717) is 25.3 Å². The van der Waals surface area contributed by atoms with Gasteiger partial charge in [0, 0.05) is 19.0 Å². The molecule has 0 saturated carbocycles. The Morgan fingerprint density at radius 3 is 2.76 bits per heavy atom. The van der Waals surface area contributed by atoms with Crippen LogP contribution in [-0.2, 0) is 22.7 Å². The van der Waals surface area contributed by atoms with Crippen molar-refractivity contribution in [1.29, 1.82) is 0 Å². The number of carbonyl (C=O) groups is 2. The van der Waals surface area contributed by atoms with Crippen molar-refractivity contribution in [3.63, 3.8) is 0 Å². The lowest BCUT2D eigenvalue weighted by atomic mass is 10.1. The van der Waals surface area contributed by atoms with E-state index in [4.69, 9.17) is 4.74 Å². The van der Waals surface area contributed by atoms with Gasteiger partial charge in [0.2, 0.25) is 11.8 Å². The van der Waals surface area contributed by atoms with Gasteiger partial charge < -0.3 is 10.1 Å². The van der Waals surface area contributed by atoms with Crippen LogP contribution in [0.1, 0.15) is 24.6 Å². The smallest absolute Gasteiger partial charge is 0.243 e. The Bertz CT molecular complexity index is 782. The van der Waals surface area contributed by atoms with E-state index in [2.05, 4.69) is 10.4 Å². The zero-order chi connectivity index (χ0) is 18.0. The fraction of sp³-hybridized carbons (Fsp3) is 0.389. The van der Waals surface area contributed by atoms with Crippen LogP contribution in [0.2, 0.25) is 0 Å². The summed E-state index contributed by atoms with van der Waals surface area (Å²) in [5.41, 5.74) is 1.80. The number of hydrogen-bond acceptors (Lipinski definition) is 4. The van der Waals surface area contributed by atoms with Crippen LogP contribution in [0.5, 0.6) is 5.75 Å². The molecule has 0 saturated heterocycles. The normalized spacial score (nSPS) is 14.8. The first kappa shape index (κ1) is 17.0. The average Bonchev–Trinajstić information content (AvgIpc) is 2.99. The Morgan fingerprint density at radius 1 is 1.36 bits per heavy atom. The summed E-state index contributed by atoms with van der Waals surface area (Å²) in [6, 6.07) is 8.73. The molecule has 1 N–H and O–H groups in total. The molecule has 7 nitrogen and oxygen atoms in total. The SMILES string of the molecule is COc1ccc(CNC(=O)[C@H](C)N2C(=O)CCn3nc(C)cc32)cc1. The molecule has 0 spiro atoms. The Labute approximate surface area is 146 Å². The Morgan fingerprint density at radius 2 is 2.08 bits per heavy atom. The standard InChI is InChI=1S/C18H22N4O3/c1-12-10-16-21(20-12)9-8-17(23)22(16)13(2)18(24)19-11-14-4-6-15(25-3)7-5-14/h4-7,10,13H,8-9,11H2,1-3H3,(H,19,24)/t13-/m0/s1. The molecule has 1 aromatic heterocycles. The van der Waals surface area contributed by atoms with Crippen LogP contribution in [0, 0.1) is 6.92 Å². The number of methoxy groups -OCH3 is 1. The highest BCUT2D eigenvalue weighted by atomic mass is 16.5. The topological polar surface area (TPSA) is 76.5 Å². The molecular weight excluding hydrogens is 320 g/mol. The third kappa shape index (κ3) is 3.50. The first-order chi connectivity index (χ1) is 12.0. The number of rotatable bonds is 5. The Kier molecular flexibility index (Phi) is 4.74. The molecule has 3 rings (SSSR count). The fourth-order valence-electron chi connectivity index (χ4n) is 2.95. The van der Waals surface area contributed by atoms with E-state index in [0.717, 1.165) is 17.0 Å². The summed E-state index contributed by atoms with van der Waals surface area (Å²) in [4.78, 5) is 26.4. The van der Waals surface area contributed by atoms with Gasteiger partial charge >= 0.3 is 0 Å². The van der Waals surface area contributed by atoms with Crippen LogP contribution in [0.15, 0.2) is 30.3 Å². The van der Waals surface area contributed by atoms with E-state index in [9.17, 15) is 9.59 Å². The molecule has 0 aliphatic carbocycles. The fourth-order valence-corrected chi connectivity index (χ4v) is 2.95. The van der Waals surface area contributed by atoms with Crippen LogP contribution >= 0.6 is 0 Å². The molecule has 0 bridgehead atoms. The second kappa shape index (κ2) is 6.96. The number of fused-ring (bicyclic) bond motifs is 1. The highest BCUT2D eigenvalue weighted by Crippen LogP contribution is 2.24. The molecule has 2 aromatic rings. The van der Waals surface area contributed by atoms with Gasteiger partial charge in [-0.15, -0.1) is 0 Å². The third-order valence-corrected chi connectivity index (χ3v) is 4.33. The van der Waals surface area contributed by atoms with Gasteiger partial charge in [-0.1, -0.05) is 12.1 Å². The summed E-state index contributed by atoms with van der Waals surface area (Å²) < 4.78 is 6.90. The second-order valence-corrected chi connectivity index (χ2v) is 6.12. The van der Waals surface area contributed by atoms with Gasteiger partial charge in [-0.25, -0.2) is 4.68 Å². The van der Waals surface area contributed by atoms with Gasteiger partial charge in [0.05, 0.1) is 19.3 Å². The van der Waals surface area contributed by atoms with Crippen molar-refractivity contribution in [3.05, 3.63) is 41.6 Å². The molecular formula is C18H22N4O3. The van der Waals surface area contributed by atoms with E-state index >= 15 is 0 Å². The minimum atomic E-state index is -0.596. The van der Waals surface area contributed by atoms with Crippen LogP contribution in [0.4, 0.5) is 5.82 Å². The number of aromatic nitrogens is 2. The summed E-state index contributed by atoms with van der Waals surface area (Å²) in [7, 11) is 1.61. The summed E-state index contributed by atoms with van der Waals surface area (Å²) in [5, 5.41) is 7.26. The third-order valence-electron chi connectivity index (χ3n) is 4.33. The highest BCUT2D eigenvalue weighted by molar-refractivity contribution is 6.00. The van der Waals surface area contributed by atoms with Gasteiger partial charge in [-0.3, -0.25) is 14.5 Å². The molecule has 132 valence electrons. The summed E-state index contributed by atoms with van der Waals surface area (Å²) >= 11 is 0. The second-order valence-electron chi connectivity index (χ2n) is 6.12. The summed E-state index contributed by atoms with van der Waals surface area (Å²) in [6.45, 7) is 4.56. The van der Waals surface area contributed by atoms with Crippen molar-refractivity contribution < 1.29 is 14.3 Å². The number of nitrogens with zero attached hydrogens (tertiary/aromatic N) is 3. The minimum Gasteiger partial charge on any atom is -0.497 e. The number of anilines is 1. The molecule has 0 radical (unpaired) electrons. The van der Waals surface area contributed by atoms with Crippen LogP contribution < -0.4 is 15.0 Å². The van der Waals surface area contributed by atoms with Crippen molar-refractivity contribution in [3.8, 4) is 5.75 Å². The lowest BCUT2D eigenvalue weighted by Gasteiger charge is -2.31. The molecule has 1 aromatic carbocycles. The predicted molar refractivity (Wildman–Crippen MR) is 93.4 cm³/mol. The van der Waals surface area contributed by atoms with E-state index in [1.807, 2.05) is 37.3 Å². The number of hydrogen-bond donors (Lipinski definition) is 1. The number of ether oxygens (including phenoxy) is 1. The van der Waals surface area contributed by atoms with Crippen LogP contribution in [0.3, 0.4) is 0 Å². The molecule has 0 unspecified atom stereocenters. The van der Waals surface area contributed by atoms with Crippen molar-refractivity contribution in [2.75, 3.05) is 12.0 Å². The number of nitrogens with one attached hydrogen (secondary N) is 1. The molecule has 0 fully saturated rings. The molecule has 2 amide bonds. The van der Waals surface area contributed by atoms with Crippen molar-refractivity contribution in [2.45, 2.75) is 39.4 Å². The minimum absolute atomic E-state index is 0.0560. The number of aryl methyl sites for hydroxylation is 2. The quantitative estimate of drug-likeness (QED) is 0.896. The Balaban J connectivity index is 1.68. The average molecular weight is 342 g/mol. The maximum Gasteiger partial charge on any atom is 0.243 e. The molecule has 2 heterocycles. The van der Waals surface area contributed by atoms with Crippen molar-refractivity contribution in [1.82, 2.24) is 15.1 Å². The van der Waals surface area contributed by atoms with E-state index in [1.165, 1.54) is 4.90 Å². The van der Waals surface area contributed by atoms with Crippen LogP contribution in [-0.4, -0.2) is 34.7 Å². The number of carbonyl (C=O) groups excluding carboxylic acids is 2. The Hall–Kier alpha value is -2.83. The number of benzene rings is 1. The van der Waals surface area contributed by atoms with Crippen LogP contribution in [0.25, 0.3) is 0 Å². The number of amides is 2. The van der Waals surface area contributed by atoms with Gasteiger partial charge in [0.15, 0.2) is 0 Å². The first-order valence-electron chi connectivity index (χ1n) is 8.26. The zero-order valence-corrected chi connectivity index (χ0v) is 14.7. The lowest BCUT2D eigenvalue weighted by molar-refractivity contribution is -0.126. The van der Waals surface area contributed by atoms with Gasteiger partial charge in [0.25, 0.3) is 0 Å². The predicted octanol–water partition coefficient (Wildman–Crippen LogP) is 1.64. The van der Waals surface area contributed by atoms with E-state index in [1.54, 1.807) is 18.7 Å². The molecule has 1 aliphatic rings. The zero-order valence-electron chi connectivity index (χ0n) is 14.7. The molecule has 1 atom stereocenters. The van der Waals surface area contributed by atoms with Gasteiger partial charge in [-0.05, 0) is 31.5 Å². The van der Waals surface area contributed by atoms with E-state index < -0.39 is 6.04 Å².